The predicted octanol–water partition coefficient (Wildman–Crippen LogP) is 1.30. The summed E-state index contributed by atoms with van der Waals surface area (Å²) in [4.78, 5) is 10.5. The van der Waals surface area contributed by atoms with Crippen LogP contribution in [0.1, 0.15) is 51.9 Å². The molecule has 0 heterocycles. The Balaban J connectivity index is 0. The van der Waals surface area contributed by atoms with Crippen molar-refractivity contribution >= 4 is 28.3 Å². The normalized spacial score (nSPS) is 10.5. The first-order valence-electron chi connectivity index (χ1n) is 6.13. The van der Waals surface area contributed by atoms with E-state index in [1.807, 2.05) is 0 Å². The lowest BCUT2D eigenvalue weighted by atomic mass is 10.1. The van der Waals surface area contributed by atoms with Crippen molar-refractivity contribution in [3.05, 3.63) is 0 Å². The standard InChI is InChI=1S/C11H23NO3S.OS/c1-2-3-4-5-6-7-8-9-16(14,15)10-11(12)13;1-2/h2-10H2,1H3,(H2,12,13);. The van der Waals surface area contributed by atoms with Gasteiger partial charge in [-0.1, -0.05) is 45.4 Å². The zero-order valence-electron chi connectivity index (χ0n) is 10.9. The highest BCUT2D eigenvalue weighted by Gasteiger charge is 2.13. The SMILES string of the molecule is CCCCCCCCCS(=O)(=O)CC(N)=O.O=S. The number of hydrogen-bond donors (Lipinski definition) is 1. The van der Waals surface area contributed by atoms with Gasteiger partial charge in [0, 0.05) is 0 Å². The Labute approximate surface area is 115 Å². The highest BCUT2D eigenvalue weighted by Crippen LogP contribution is 2.08. The number of unbranched alkanes of at least 4 members (excludes halogenated alkanes) is 6. The van der Waals surface area contributed by atoms with Gasteiger partial charge in [0.2, 0.25) is 5.91 Å². The van der Waals surface area contributed by atoms with Crippen molar-refractivity contribution in [2.24, 2.45) is 5.73 Å². The molecule has 0 unspecified atom stereocenters. The number of sulfone groups is 1. The Hall–Kier alpha value is -0.560. The lowest BCUT2D eigenvalue weighted by Crippen LogP contribution is -2.24. The molecule has 0 saturated carbocycles. The zero-order valence-corrected chi connectivity index (χ0v) is 12.5. The van der Waals surface area contributed by atoms with Crippen LogP contribution >= 0.6 is 0 Å². The third-order valence-electron chi connectivity index (χ3n) is 2.42. The first kappa shape index (κ1) is 19.8. The monoisotopic (exact) mass is 297 g/mol. The van der Waals surface area contributed by atoms with Gasteiger partial charge >= 0.3 is 0 Å². The summed E-state index contributed by atoms with van der Waals surface area (Å²) in [6.45, 7) is 2.16. The fourth-order valence-corrected chi connectivity index (χ4v) is 2.79. The van der Waals surface area contributed by atoms with E-state index >= 15 is 0 Å². The Kier molecular flexibility index (Phi) is 14.2. The molecule has 2 N–H and O–H groups in total. The molecule has 0 rings (SSSR count). The Morgan fingerprint density at radius 1 is 1.00 bits per heavy atom. The Morgan fingerprint density at radius 3 is 1.89 bits per heavy atom. The van der Waals surface area contributed by atoms with E-state index in [0.29, 0.717) is 6.42 Å². The van der Waals surface area contributed by atoms with E-state index in [2.05, 4.69) is 19.5 Å². The van der Waals surface area contributed by atoms with Crippen LogP contribution in [0.3, 0.4) is 0 Å². The van der Waals surface area contributed by atoms with Crippen LogP contribution in [-0.2, 0) is 27.2 Å². The van der Waals surface area contributed by atoms with Gasteiger partial charge in [0.15, 0.2) is 22.4 Å². The molecule has 0 saturated heterocycles. The first-order chi connectivity index (χ1) is 8.48. The van der Waals surface area contributed by atoms with Gasteiger partial charge in [-0.2, -0.15) is 4.21 Å². The van der Waals surface area contributed by atoms with Gasteiger partial charge in [-0.15, -0.1) is 0 Å². The zero-order chi connectivity index (χ0) is 14.4. The van der Waals surface area contributed by atoms with Gasteiger partial charge < -0.3 is 5.73 Å². The fourth-order valence-electron chi connectivity index (χ4n) is 1.57. The summed E-state index contributed by atoms with van der Waals surface area (Å²) >= 11 is 2.83. The van der Waals surface area contributed by atoms with Crippen molar-refractivity contribution in [2.75, 3.05) is 11.5 Å². The lowest BCUT2D eigenvalue weighted by molar-refractivity contribution is -0.115. The lowest BCUT2D eigenvalue weighted by Gasteiger charge is -2.02. The average molecular weight is 297 g/mol. The maximum atomic E-state index is 11.3. The molecular formula is C11H23NO4S2. The van der Waals surface area contributed by atoms with Crippen molar-refractivity contribution in [3.8, 4) is 0 Å². The summed E-state index contributed by atoms with van der Waals surface area (Å²) < 4.78 is 30.4. The smallest absolute Gasteiger partial charge is 0.232 e. The van der Waals surface area contributed by atoms with Crippen molar-refractivity contribution in [1.82, 2.24) is 0 Å². The van der Waals surface area contributed by atoms with Gasteiger partial charge in [0.25, 0.3) is 0 Å². The second-order valence-electron chi connectivity index (χ2n) is 4.18. The molecule has 7 heteroatoms. The van der Waals surface area contributed by atoms with E-state index in [4.69, 9.17) is 9.94 Å². The van der Waals surface area contributed by atoms with E-state index in [1.54, 1.807) is 0 Å². The molecule has 1 amide bonds. The number of amides is 1. The number of primary amides is 1. The van der Waals surface area contributed by atoms with Crippen LogP contribution in [-0.4, -0.2) is 30.0 Å². The molecule has 108 valence electrons. The second-order valence-corrected chi connectivity index (χ2v) is 6.36. The summed E-state index contributed by atoms with van der Waals surface area (Å²) in [5.74, 6) is -1.19. The van der Waals surface area contributed by atoms with Gasteiger partial charge in [0.1, 0.15) is 5.75 Å². The maximum absolute atomic E-state index is 11.3. The molecular weight excluding hydrogens is 274 g/mol. The van der Waals surface area contributed by atoms with Gasteiger partial charge in [-0.3, -0.25) is 4.79 Å². The number of carbonyl (C=O) groups is 1. The minimum atomic E-state index is -3.25. The molecule has 0 aromatic heterocycles. The molecule has 0 aromatic carbocycles. The number of nitrogens with two attached hydrogens (primary N) is 1. The molecule has 5 nitrogen and oxygen atoms in total. The molecule has 18 heavy (non-hydrogen) atoms. The highest BCUT2D eigenvalue weighted by molar-refractivity contribution is 7.92. The maximum Gasteiger partial charge on any atom is 0.232 e. The van der Waals surface area contributed by atoms with Crippen LogP contribution in [0.25, 0.3) is 0 Å². The molecule has 0 aromatic rings. The summed E-state index contributed by atoms with van der Waals surface area (Å²) in [6, 6.07) is 0. The summed E-state index contributed by atoms with van der Waals surface area (Å²) in [5, 5.41) is 0. The van der Waals surface area contributed by atoms with Gasteiger partial charge in [-0.25, -0.2) is 8.42 Å². The molecule has 0 fully saturated rings. The van der Waals surface area contributed by atoms with Crippen LogP contribution in [0.15, 0.2) is 0 Å². The van der Waals surface area contributed by atoms with E-state index in [-0.39, 0.29) is 5.75 Å². The number of carbonyl (C=O) groups excluding carboxylic acids is 1. The summed E-state index contributed by atoms with van der Waals surface area (Å²) in [7, 11) is -3.25. The first-order valence-corrected chi connectivity index (χ1v) is 8.29. The van der Waals surface area contributed by atoms with Crippen LogP contribution < -0.4 is 5.73 Å². The largest absolute Gasteiger partial charge is 0.369 e. The van der Waals surface area contributed by atoms with E-state index in [9.17, 15) is 13.2 Å². The summed E-state index contributed by atoms with van der Waals surface area (Å²) in [6.07, 6.45) is 7.50. The Morgan fingerprint density at radius 2 is 1.44 bits per heavy atom. The number of hydrogen-bond acceptors (Lipinski definition) is 5. The average Bonchev–Trinajstić information content (AvgIpc) is 2.29. The van der Waals surface area contributed by atoms with Crippen molar-refractivity contribution < 1.29 is 17.4 Å². The number of rotatable bonds is 10. The van der Waals surface area contributed by atoms with Crippen LogP contribution in [0.4, 0.5) is 0 Å². The van der Waals surface area contributed by atoms with Gasteiger partial charge in [0.05, 0.1) is 5.75 Å². The van der Waals surface area contributed by atoms with E-state index in [0.717, 1.165) is 12.8 Å². The van der Waals surface area contributed by atoms with Crippen LogP contribution in [0, 0.1) is 0 Å². The topological polar surface area (TPSA) is 94.3 Å². The van der Waals surface area contributed by atoms with Gasteiger partial charge in [-0.05, 0) is 6.42 Å². The minimum absolute atomic E-state index is 0.0870. The summed E-state index contributed by atoms with van der Waals surface area (Å²) in [5.41, 5.74) is 4.85. The van der Waals surface area contributed by atoms with E-state index < -0.39 is 21.5 Å². The minimum Gasteiger partial charge on any atom is -0.369 e. The van der Waals surface area contributed by atoms with Crippen molar-refractivity contribution in [1.29, 1.82) is 0 Å². The van der Waals surface area contributed by atoms with Crippen molar-refractivity contribution in [3.63, 3.8) is 0 Å². The third kappa shape index (κ3) is 15.4. The Bertz CT molecular complexity index is 304. The molecule has 0 radical (unpaired) electrons. The quantitative estimate of drug-likeness (QED) is 0.613. The fraction of sp³-hybridized carbons (Fsp3) is 0.909. The van der Waals surface area contributed by atoms with Crippen LogP contribution in [0.2, 0.25) is 0 Å². The highest BCUT2D eigenvalue weighted by atomic mass is 32.2. The third-order valence-corrected chi connectivity index (χ3v) is 4.06. The van der Waals surface area contributed by atoms with Crippen LogP contribution in [0.5, 0.6) is 0 Å². The molecule has 0 spiro atoms. The van der Waals surface area contributed by atoms with E-state index in [1.165, 1.54) is 25.7 Å². The second kappa shape index (κ2) is 12.9. The molecule has 0 aliphatic heterocycles. The molecule has 0 atom stereocenters. The molecule has 0 aliphatic carbocycles. The predicted molar refractivity (Wildman–Crippen MR) is 74.0 cm³/mol. The molecule has 0 aliphatic rings. The van der Waals surface area contributed by atoms with Crippen molar-refractivity contribution in [2.45, 2.75) is 51.9 Å². The molecule has 0 bridgehead atoms.